The predicted molar refractivity (Wildman–Crippen MR) is 50.5 cm³/mol. The second-order valence-electron chi connectivity index (χ2n) is 3.88. The minimum atomic E-state index is 0.217. The summed E-state index contributed by atoms with van der Waals surface area (Å²) in [6.45, 7) is 0.844. The largest absolute Gasteiger partial charge is 0.378 e. The number of allylic oxidation sites excluding steroid dienone is 2. The summed E-state index contributed by atoms with van der Waals surface area (Å²) < 4.78 is 5.44. The van der Waals surface area contributed by atoms with E-state index < -0.39 is 0 Å². The average Bonchev–Trinajstić information content (AvgIpc) is 2.74. The molecule has 0 aromatic heterocycles. The molecule has 0 aromatic rings. The fourth-order valence-electron chi connectivity index (χ4n) is 2.07. The van der Waals surface area contributed by atoms with Crippen LogP contribution < -0.4 is 0 Å². The zero-order valence-electron chi connectivity index (χ0n) is 7.92. The molecule has 1 atom stereocenters. The molecular weight excluding hydrogens is 164 g/mol. The SMILES string of the molecule is O=C(CC1CCCO1)C1=CCCC1. The van der Waals surface area contributed by atoms with E-state index in [1.165, 1.54) is 0 Å². The van der Waals surface area contributed by atoms with Gasteiger partial charge in [-0.15, -0.1) is 0 Å². The molecule has 0 amide bonds. The van der Waals surface area contributed by atoms with Crippen molar-refractivity contribution >= 4 is 5.78 Å². The van der Waals surface area contributed by atoms with Crippen LogP contribution in [-0.4, -0.2) is 18.5 Å². The average molecular weight is 180 g/mol. The van der Waals surface area contributed by atoms with Crippen LogP contribution in [0.4, 0.5) is 0 Å². The summed E-state index contributed by atoms with van der Waals surface area (Å²) in [5.74, 6) is 0.324. The molecule has 1 fully saturated rings. The molecule has 13 heavy (non-hydrogen) atoms. The van der Waals surface area contributed by atoms with E-state index in [1.54, 1.807) is 0 Å². The van der Waals surface area contributed by atoms with E-state index in [1.807, 2.05) is 0 Å². The standard InChI is InChI=1S/C11H16O2/c12-11(9-4-1-2-5-9)8-10-6-3-7-13-10/h4,10H,1-3,5-8H2. The summed E-state index contributed by atoms with van der Waals surface area (Å²) in [6.07, 6.45) is 8.36. The molecule has 72 valence electrons. The van der Waals surface area contributed by atoms with Crippen LogP contribution in [0.5, 0.6) is 0 Å². The van der Waals surface area contributed by atoms with E-state index in [0.29, 0.717) is 12.2 Å². The number of ketones is 1. The van der Waals surface area contributed by atoms with Gasteiger partial charge in [0.1, 0.15) is 0 Å². The lowest BCUT2D eigenvalue weighted by molar-refractivity contribution is -0.117. The number of hydrogen-bond acceptors (Lipinski definition) is 2. The third-order valence-electron chi connectivity index (χ3n) is 2.84. The van der Waals surface area contributed by atoms with Crippen LogP contribution >= 0.6 is 0 Å². The highest BCUT2D eigenvalue weighted by Gasteiger charge is 2.21. The van der Waals surface area contributed by atoms with E-state index in [-0.39, 0.29) is 6.10 Å². The maximum atomic E-state index is 11.7. The lowest BCUT2D eigenvalue weighted by Crippen LogP contribution is -2.13. The third kappa shape index (κ3) is 2.19. The number of rotatable bonds is 3. The van der Waals surface area contributed by atoms with E-state index >= 15 is 0 Å². The topological polar surface area (TPSA) is 26.3 Å². The van der Waals surface area contributed by atoms with Gasteiger partial charge in [-0.2, -0.15) is 0 Å². The molecule has 0 aromatic carbocycles. The summed E-state index contributed by atoms with van der Waals surface area (Å²) in [5, 5.41) is 0. The fourth-order valence-corrected chi connectivity index (χ4v) is 2.07. The second kappa shape index (κ2) is 4.05. The van der Waals surface area contributed by atoms with Gasteiger partial charge in [0.25, 0.3) is 0 Å². The van der Waals surface area contributed by atoms with Crippen molar-refractivity contribution in [2.24, 2.45) is 0 Å². The molecule has 2 nitrogen and oxygen atoms in total. The molecule has 0 N–H and O–H groups in total. The summed E-state index contributed by atoms with van der Waals surface area (Å²) in [6, 6.07) is 0. The van der Waals surface area contributed by atoms with Crippen LogP contribution in [0.15, 0.2) is 11.6 Å². The first-order valence-electron chi connectivity index (χ1n) is 5.20. The highest BCUT2D eigenvalue weighted by molar-refractivity contribution is 5.95. The molecule has 0 bridgehead atoms. The minimum Gasteiger partial charge on any atom is -0.378 e. The summed E-state index contributed by atoms with van der Waals surface area (Å²) >= 11 is 0. The van der Waals surface area contributed by atoms with Gasteiger partial charge >= 0.3 is 0 Å². The van der Waals surface area contributed by atoms with Gasteiger partial charge in [0, 0.05) is 13.0 Å². The van der Waals surface area contributed by atoms with E-state index in [4.69, 9.17) is 4.74 Å². The van der Waals surface area contributed by atoms with Crippen LogP contribution in [0.3, 0.4) is 0 Å². The molecule has 1 aliphatic carbocycles. The molecular formula is C11H16O2. The van der Waals surface area contributed by atoms with E-state index in [9.17, 15) is 4.79 Å². The van der Waals surface area contributed by atoms with Gasteiger partial charge in [-0.05, 0) is 37.7 Å². The highest BCUT2D eigenvalue weighted by Crippen LogP contribution is 2.23. The Morgan fingerprint density at radius 3 is 3.08 bits per heavy atom. The predicted octanol–water partition coefficient (Wildman–Crippen LogP) is 2.23. The van der Waals surface area contributed by atoms with Crippen molar-refractivity contribution in [2.75, 3.05) is 6.61 Å². The number of hydrogen-bond donors (Lipinski definition) is 0. The molecule has 1 saturated heterocycles. The van der Waals surface area contributed by atoms with Crippen molar-refractivity contribution < 1.29 is 9.53 Å². The summed E-state index contributed by atoms with van der Waals surface area (Å²) in [7, 11) is 0. The Morgan fingerprint density at radius 2 is 2.46 bits per heavy atom. The van der Waals surface area contributed by atoms with Crippen LogP contribution in [0.2, 0.25) is 0 Å². The van der Waals surface area contributed by atoms with Crippen molar-refractivity contribution in [2.45, 2.75) is 44.6 Å². The maximum Gasteiger partial charge on any atom is 0.161 e. The Morgan fingerprint density at radius 1 is 1.54 bits per heavy atom. The molecule has 0 spiro atoms. The third-order valence-corrected chi connectivity index (χ3v) is 2.84. The van der Waals surface area contributed by atoms with E-state index in [0.717, 1.165) is 44.3 Å². The smallest absolute Gasteiger partial charge is 0.161 e. The fraction of sp³-hybridized carbons (Fsp3) is 0.727. The van der Waals surface area contributed by atoms with Crippen LogP contribution in [0.1, 0.15) is 38.5 Å². The molecule has 0 radical (unpaired) electrons. The van der Waals surface area contributed by atoms with Crippen molar-refractivity contribution in [1.29, 1.82) is 0 Å². The van der Waals surface area contributed by atoms with Crippen LogP contribution in [-0.2, 0) is 9.53 Å². The maximum absolute atomic E-state index is 11.7. The molecule has 1 heterocycles. The number of ether oxygens (including phenoxy) is 1. The Labute approximate surface area is 79.0 Å². The molecule has 2 rings (SSSR count). The lowest BCUT2D eigenvalue weighted by Gasteiger charge is -2.08. The molecule has 0 saturated carbocycles. The van der Waals surface area contributed by atoms with Gasteiger partial charge in [0.2, 0.25) is 0 Å². The summed E-state index contributed by atoms with van der Waals surface area (Å²) in [4.78, 5) is 11.7. The highest BCUT2D eigenvalue weighted by atomic mass is 16.5. The van der Waals surface area contributed by atoms with Gasteiger partial charge in [-0.1, -0.05) is 6.08 Å². The number of Topliss-reactive ketones (excluding diaryl/α,β-unsaturated/α-hetero) is 1. The van der Waals surface area contributed by atoms with Gasteiger partial charge < -0.3 is 4.74 Å². The van der Waals surface area contributed by atoms with Crippen molar-refractivity contribution in [3.05, 3.63) is 11.6 Å². The Kier molecular flexibility index (Phi) is 2.79. The van der Waals surface area contributed by atoms with Crippen molar-refractivity contribution in [3.63, 3.8) is 0 Å². The lowest BCUT2D eigenvalue weighted by atomic mass is 10.0. The normalized spacial score (nSPS) is 27.7. The second-order valence-corrected chi connectivity index (χ2v) is 3.88. The van der Waals surface area contributed by atoms with Gasteiger partial charge in [0.15, 0.2) is 5.78 Å². The first-order valence-corrected chi connectivity index (χ1v) is 5.20. The monoisotopic (exact) mass is 180 g/mol. The zero-order valence-corrected chi connectivity index (χ0v) is 7.92. The minimum absolute atomic E-state index is 0.217. The molecule has 1 aliphatic heterocycles. The zero-order chi connectivity index (χ0) is 9.10. The first-order chi connectivity index (χ1) is 6.36. The van der Waals surface area contributed by atoms with E-state index in [2.05, 4.69) is 6.08 Å². The van der Waals surface area contributed by atoms with Gasteiger partial charge in [-0.25, -0.2) is 0 Å². The first kappa shape index (κ1) is 8.95. The Hall–Kier alpha value is -0.630. The van der Waals surface area contributed by atoms with Crippen LogP contribution in [0, 0.1) is 0 Å². The number of carbonyl (C=O) groups excluding carboxylic acids is 1. The quantitative estimate of drug-likeness (QED) is 0.665. The van der Waals surface area contributed by atoms with Crippen LogP contribution in [0.25, 0.3) is 0 Å². The molecule has 1 unspecified atom stereocenters. The summed E-state index contributed by atoms with van der Waals surface area (Å²) in [5.41, 5.74) is 1.05. The Balaban J connectivity index is 1.83. The Bertz CT molecular complexity index is 224. The van der Waals surface area contributed by atoms with Gasteiger partial charge in [0.05, 0.1) is 6.10 Å². The van der Waals surface area contributed by atoms with Crippen molar-refractivity contribution in [1.82, 2.24) is 0 Å². The number of carbonyl (C=O) groups is 1. The molecule has 2 aliphatic rings. The van der Waals surface area contributed by atoms with Gasteiger partial charge in [-0.3, -0.25) is 4.79 Å². The van der Waals surface area contributed by atoms with Crippen molar-refractivity contribution in [3.8, 4) is 0 Å². The molecule has 2 heteroatoms.